The van der Waals surface area contributed by atoms with E-state index in [0.29, 0.717) is 18.9 Å². The summed E-state index contributed by atoms with van der Waals surface area (Å²) in [4.78, 5) is 25.3. The Labute approximate surface area is 152 Å². The highest BCUT2D eigenvalue weighted by Gasteiger charge is 2.32. The first-order valence-electron chi connectivity index (χ1n) is 8.68. The van der Waals surface area contributed by atoms with Gasteiger partial charge in [0.05, 0.1) is 11.7 Å². The van der Waals surface area contributed by atoms with Crippen LogP contribution in [-0.4, -0.2) is 52.9 Å². The Bertz CT molecular complexity index is 769. The van der Waals surface area contributed by atoms with Crippen molar-refractivity contribution in [3.63, 3.8) is 0 Å². The molecule has 2 aromatic rings. The van der Waals surface area contributed by atoms with Gasteiger partial charge < -0.3 is 14.5 Å². The Morgan fingerprint density at radius 3 is 2.92 bits per heavy atom. The van der Waals surface area contributed by atoms with Crippen LogP contribution < -0.4 is 4.74 Å². The molecule has 1 aliphatic rings. The molecule has 1 amide bonds. The summed E-state index contributed by atoms with van der Waals surface area (Å²) in [6.45, 7) is 1.15. The van der Waals surface area contributed by atoms with Gasteiger partial charge in [-0.05, 0) is 45.1 Å². The van der Waals surface area contributed by atoms with E-state index in [-0.39, 0.29) is 24.3 Å². The number of amides is 1. The molecule has 1 aromatic heterocycles. The van der Waals surface area contributed by atoms with Crippen LogP contribution >= 0.6 is 0 Å². The van der Waals surface area contributed by atoms with Gasteiger partial charge in [0.15, 0.2) is 24.0 Å². The number of para-hydroxylation sites is 1. The molecule has 0 bridgehead atoms. The van der Waals surface area contributed by atoms with Gasteiger partial charge in [0.2, 0.25) is 0 Å². The number of hydrogen-bond donors (Lipinski definition) is 0. The lowest BCUT2D eigenvalue weighted by Gasteiger charge is -2.24. The molecule has 138 valence electrons. The van der Waals surface area contributed by atoms with E-state index < -0.39 is 5.82 Å². The molecule has 1 atom stereocenters. The zero-order valence-electron chi connectivity index (χ0n) is 15.1. The van der Waals surface area contributed by atoms with E-state index in [0.717, 1.165) is 18.5 Å². The maximum Gasteiger partial charge on any atom is 0.261 e. The minimum Gasteiger partial charge on any atom is -0.481 e. The number of carbonyl (C=O) groups is 1. The first-order chi connectivity index (χ1) is 12.5. The highest BCUT2D eigenvalue weighted by Crippen LogP contribution is 2.30. The van der Waals surface area contributed by atoms with E-state index in [9.17, 15) is 9.18 Å². The smallest absolute Gasteiger partial charge is 0.261 e. The van der Waals surface area contributed by atoms with Gasteiger partial charge in [0.25, 0.3) is 5.91 Å². The van der Waals surface area contributed by atoms with E-state index in [1.54, 1.807) is 23.2 Å². The van der Waals surface area contributed by atoms with Crippen LogP contribution in [-0.2, 0) is 11.3 Å². The molecule has 0 aliphatic carbocycles. The molecule has 1 saturated heterocycles. The molecule has 0 unspecified atom stereocenters. The quantitative estimate of drug-likeness (QED) is 0.794. The summed E-state index contributed by atoms with van der Waals surface area (Å²) in [5.74, 6) is 0.0808. The fraction of sp³-hybridized carbons (Fsp3) is 0.421. The Balaban J connectivity index is 1.68. The Morgan fingerprint density at radius 1 is 1.35 bits per heavy atom. The maximum absolute atomic E-state index is 13.6. The van der Waals surface area contributed by atoms with E-state index in [2.05, 4.69) is 9.97 Å². The number of rotatable bonds is 6. The summed E-state index contributed by atoms with van der Waals surface area (Å²) in [5.41, 5.74) is 0.918. The number of hydrogen-bond acceptors (Lipinski definition) is 5. The van der Waals surface area contributed by atoms with E-state index in [1.807, 2.05) is 25.1 Å². The van der Waals surface area contributed by atoms with Gasteiger partial charge in [-0.15, -0.1) is 0 Å². The fourth-order valence-electron chi connectivity index (χ4n) is 3.10. The standard InChI is InChI=1S/C19H23FN4O2/c1-23(2)12-14-9-10-21-19(22-14)16-7-5-11-24(16)18(25)13-26-17-8-4-3-6-15(17)20/h3-4,6,8-10,16H,5,7,11-13H2,1-2H3/t16-/m0/s1. The molecule has 3 rings (SSSR count). The Morgan fingerprint density at radius 2 is 2.15 bits per heavy atom. The number of halogens is 1. The number of benzene rings is 1. The number of nitrogens with zero attached hydrogens (tertiary/aromatic N) is 4. The first-order valence-corrected chi connectivity index (χ1v) is 8.68. The predicted octanol–water partition coefficient (Wildman–Crippen LogP) is 2.42. The maximum atomic E-state index is 13.6. The second-order valence-corrected chi connectivity index (χ2v) is 6.61. The summed E-state index contributed by atoms with van der Waals surface area (Å²) in [6, 6.07) is 7.80. The zero-order chi connectivity index (χ0) is 18.5. The third-order valence-electron chi connectivity index (χ3n) is 4.27. The van der Waals surface area contributed by atoms with Crippen molar-refractivity contribution in [3.05, 3.63) is 53.9 Å². The molecule has 1 fully saturated rings. The molecule has 26 heavy (non-hydrogen) atoms. The number of likely N-dealkylation sites (tertiary alicyclic amines) is 1. The second-order valence-electron chi connectivity index (χ2n) is 6.61. The monoisotopic (exact) mass is 358 g/mol. The van der Waals surface area contributed by atoms with Crippen molar-refractivity contribution in [2.75, 3.05) is 27.2 Å². The Kier molecular flexibility index (Phi) is 5.78. The number of ether oxygens (including phenoxy) is 1. The third kappa shape index (κ3) is 4.35. The SMILES string of the molecule is CN(C)Cc1ccnc([C@@H]2CCCN2C(=O)COc2ccccc2F)n1. The van der Waals surface area contributed by atoms with Crippen LogP contribution in [0.1, 0.15) is 30.4 Å². The predicted molar refractivity (Wildman–Crippen MR) is 95.0 cm³/mol. The zero-order valence-corrected chi connectivity index (χ0v) is 15.1. The van der Waals surface area contributed by atoms with Crippen molar-refractivity contribution in [2.24, 2.45) is 0 Å². The van der Waals surface area contributed by atoms with Crippen LogP contribution in [0.5, 0.6) is 5.75 Å². The summed E-state index contributed by atoms with van der Waals surface area (Å²) >= 11 is 0. The van der Waals surface area contributed by atoms with Crippen LogP contribution in [0.4, 0.5) is 4.39 Å². The van der Waals surface area contributed by atoms with Gasteiger partial charge in [0.1, 0.15) is 0 Å². The van der Waals surface area contributed by atoms with Crippen molar-refractivity contribution >= 4 is 5.91 Å². The average Bonchev–Trinajstić information content (AvgIpc) is 3.10. The van der Waals surface area contributed by atoms with Gasteiger partial charge in [0, 0.05) is 19.3 Å². The van der Waals surface area contributed by atoms with Crippen LogP contribution in [0.25, 0.3) is 0 Å². The van der Waals surface area contributed by atoms with Gasteiger partial charge in [-0.2, -0.15) is 0 Å². The fourth-order valence-corrected chi connectivity index (χ4v) is 3.10. The highest BCUT2D eigenvalue weighted by molar-refractivity contribution is 5.78. The minimum absolute atomic E-state index is 0.0841. The summed E-state index contributed by atoms with van der Waals surface area (Å²) in [7, 11) is 3.96. The van der Waals surface area contributed by atoms with Gasteiger partial charge in [-0.1, -0.05) is 12.1 Å². The molecule has 0 radical (unpaired) electrons. The van der Waals surface area contributed by atoms with Gasteiger partial charge in [-0.25, -0.2) is 14.4 Å². The molecule has 0 saturated carbocycles. The molecule has 7 heteroatoms. The lowest BCUT2D eigenvalue weighted by Crippen LogP contribution is -2.35. The van der Waals surface area contributed by atoms with Crippen LogP contribution in [0.15, 0.2) is 36.5 Å². The van der Waals surface area contributed by atoms with Gasteiger partial charge >= 0.3 is 0 Å². The van der Waals surface area contributed by atoms with E-state index in [1.165, 1.54) is 12.1 Å². The molecule has 0 N–H and O–H groups in total. The van der Waals surface area contributed by atoms with Gasteiger partial charge in [-0.3, -0.25) is 4.79 Å². The van der Waals surface area contributed by atoms with Crippen LogP contribution in [0, 0.1) is 5.82 Å². The Hall–Kier alpha value is -2.54. The van der Waals surface area contributed by atoms with Crippen LogP contribution in [0.2, 0.25) is 0 Å². The minimum atomic E-state index is -0.474. The van der Waals surface area contributed by atoms with Crippen LogP contribution in [0.3, 0.4) is 0 Å². The van der Waals surface area contributed by atoms with Crippen molar-refractivity contribution < 1.29 is 13.9 Å². The largest absolute Gasteiger partial charge is 0.481 e. The molecule has 6 nitrogen and oxygen atoms in total. The lowest BCUT2D eigenvalue weighted by molar-refractivity contribution is -0.134. The van der Waals surface area contributed by atoms with Crippen molar-refractivity contribution in [1.82, 2.24) is 19.8 Å². The molecular weight excluding hydrogens is 335 g/mol. The number of carbonyl (C=O) groups excluding carboxylic acids is 1. The topological polar surface area (TPSA) is 58.6 Å². The molecule has 1 aliphatic heterocycles. The summed E-state index contributed by atoms with van der Waals surface area (Å²) < 4.78 is 19.0. The van der Waals surface area contributed by atoms with Crippen molar-refractivity contribution in [3.8, 4) is 5.75 Å². The van der Waals surface area contributed by atoms with Crippen molar-refractivity contribution in [2.45, 2.75) is 25.4 Å². The molecular formula is C19H23FN4O2. The molecule has 2 heterocycles. The lowest BCUT2D eigenvalue weighted by atomic mass is 10.2. The third-order valence-corrected chi connectivity index (χ3v) is 4.27. The average molecular weight is 358 g/mol. The normalized spacial score (nSPS) is 16.9. The van der Waals surface area contributed by atoms with E-state index in [4.69, 9.17) is 4.74 Å². The van der Waals surface area contributed by atoms with E-state index >= 15 is 0 Å². The molecule has 0 spiro atoms. The highest BCUT2D eigenvalue weighted by atomic mass is 19.1. The van der Waals surface area contributed by atoms with Crippen molar-refractivity contribution in [1.29, 1.82) is 0 Å². The summed E-state index contributed by atoms with van der Waals surface area (Å²) in [6.07, 6.45) is 3.44. The first kappa shape index (κ1) is 18.3. The second kappa shape index (κ2) is 8.23. The molecule has 1 aromatic carbocycles. The number of aromatic nitrogens is 2. The summed E-state index contributed by atoms with van der Waals surface area (Å²) in [5, 5.41) is 0.